The van der Waals surface area contributed by atoms with Gasteiger partial charge in [0, 0.05) is 24.0 Å². The fourth-order valence-corrected chi connectivity index (χ4v) is 1.61. The average molecular weight is 182 g/mol. The molecule has 0 amide bonds. The van der Waals surface area contributed by atoms with E-state index in [1.54, 1.807) is 6.20 Å². The third-order valence-electron chi connectivity index (χ3n) is 2.29. The second-order valence-corrected chi connectivity index (χ2v) is 3.49. The lowest BCUT2D eigenvalue weighted by Gasteiger charge is -2.05. The number of benzene rings is 1. The maximum absolute atomic E-state index is 4.07. The normalized spacial score (nSPS) is 10.1. The Hall–Kier alpha value is -1.63. The third kappa shape index (κ3) is 1.67. The molecule has 0 spiro atoms. The van der Waals surface area contributed by atoms with E-state index in [0.717, 1.165) is 5.56 Å². The van der Waals surface area contributed by atoms with Crippen LogP contribution >= 0.6 is 0 Å². The number of hydrogen-bond donors (Lipinski definition) is 0. The zero-order valence-electron chi connectivity index (χ0n) is 8.41. The largest absolute Gasteiger partial charge is 0.263 e. The van der Waals surface area contributed by atoms with E-state index < -0.39 is 0 Å². The van der Waals surface area contributed by atoms with Crippen LogP contribution in [0.15, 0.2) is 36.7 Å². The van der Waals surface area contributed by atoms with Crippen LogP contribution in [0.4, 0.5) is 0 Å². The number of nitrogens with zero attached hydrogens (tertiary/aromatic N) is 1. The second kappa shape index (κ2) is 3.62. The molecule has 0 N–H and O–H groups in total. The molecule has 1 nitrogen and oxygen atoms in total. The van der Waals surface area contributed by atoms with Gasteiger partial charge in [-0.3, -0.25) is 4.98 Å². The predicted molar refractivity (Wildman–Crippen MR) is 58.0 cm³/mol. The molecule has 0 saturated heterocycles. The van der Waals surface area contributed by atoms with Gasteiger partial charge in [0.2, 0.25) is 0 Å². The molecule has 1 heterocycles. The van der Waals surface area contributed by atoms with Crippen molar-refractivity contribution in [3.63, 3.8) is 0 Å². The Morgan fingerprint density at radius 3 is 2.71 bits per heavy atom. The lowest BCUT2D eigenvalue weighted by atomic mass is 10.0. The molecule has 1 heteroatoms. The van der Waals surface area contributed by atoms with Crippen molar-refractivity contribution >= 4 is 0 Å². The summed E-state index contributed by atoms with van der Waals surface area (Å²) in [5.41, 5.74) is 4.94. The molecule has 0 aliphatic heterocycles. The van der Waals surface area contributed by atoms with Crippen molar-refractivity contribution in [2.24, 2.45) is 0 Å². The Balaban J connectivity index is 2.53. The van der Waals surface area contributed by atoms with E-state index >= 15 is 0 Å². The number of hydrogen-bond acceptors (Lipinski definition) is 1. The lowest BCUT2D eigenvalue weighted by Crippen LogP contribution is -1.85. The van der Waals surface area contributed by atoms with Gasteiger partial charge >= 0.3 is 0 Å². The van der Waals surface area contributed by atoms with Crippen LogP contribution in [-0.4, -0.2) is 4.98 Å². The smallest absolute Gasteiger partial charge is 0.0347 e. The van der Waals surface area contributed by atoms with Crippen LogP contribution in [0.3, 0.4) is 0 Å². The molecule has 0 fully saturated rings. The van der Waals surface area contributed by atoms with Crippen molar-refractivity contribution in [2.75, 3.05) is 0 Å². The van der Waals surface area contributed by atoms with E-state index in [4.69, 9.17) is 0 Å². The van der Waals surface area contributed by atoms with Crippen LogP contribution < -0.4 is 0 Å². The Bertz CT molecular complexity index is 432. The Kier molecular flexibility index (Phi) is 2.32. The van der Waals surface area contributed by atoms with E-state index in [1.807, 2.05) is 12.3 Å². The monoisotopic (exact) mass is 182 g/mol. The Labute approximate surface area is 84.4 Å². The maximum atomic E-state index is 4.07. The zero-order chi connectivity index (χ0) is 9.97. The molecule has 0 unspecified atom stereocenters. The van der Waals surface area contributed by atoms with E-state index in [-0.39, 0.29) is 0 Å². The first-order valence-corrected chi connectivity index (χ1v) is 4.66. The third-order valence-corrected chi connectivity index (χ3v) is 2.29. The van der Waals surface area contributed by atoms with Crippen molar-refractivity contribution in [3.05, 3.63) is 53.9 Å². The zero-order valence-corrected chi connectivity index (χ0v) is 8.41. The fraction of sp³-hybridized carbons (Fsp3) is 0.154. The maximum Gasteiger partial charge on any atom is 0.0347 e. The molecular weight excluding hydrogens is 170 g/mol. The molecule has 1 radical (unpaired) electrons. The number of pyridine rings is 1. The highest BCUT2D eigenvalue weighted by molar-refractivity contribution is 5.66. The summed E-state index contributed by atoms with van der Waals surface area (Å²) in [5, 5.41) is 0. The first-order chi connectivity index (χ1) is 6.77. The van der Waals surface area contributed by atoms with Crippen molar-refractivity contribution < 1.29 is 0 Å². The summed E-state index contributed by atoms with van der Waals surface area (Å²) >= 11 is 0. The molecule has 0 bridgehead atoms. The molecule has 14 heavy (non-hydrogen) atoms. The summed E-state index contributed by atoms with van der Waals surface area (Å²) in [6.07, 6.45) is 3.54. The number of aryl methyl sites for hydroxylation is 2. The van der Waals surface area contributed by atoms with E-state index in [2.05, 4.69) is 43.1 Å². The first kappa shape index (κ1) is 8.95. The highest BCUT2D eigenvalue weighted by Gasteiger charge is 2.00. The molecule has 1 aromatic carbocycles. The number of rotatable bonds is 1. The molecule has 0 aliphatic carbocycles. The van der Waals surface area contributed by atoms with Crippen LogP contribution in [0.1, 0.15) is 11.1 Å². The van der Waals surface area contributed by atoms with Gasteiger partial charge in [0.1, 0.15) is 0 Å². The molecule has 1 aromatic heterocycles. The van der Waals surface area contributed by atoms with Gasteiger partial charge in [-0.25, -0.2) is 0 Å². The van der Waals surface area contributed by atoms with Gasteiger partial charge in [0.15, 0.2) is 0 Å². The van der Waals surface area contributed by atoms with Gasteiger partial charge in [-0.15, -0.1) is 0 Å². The van der Waals surface area contributed by atoms with Crippen molar-refractivity contribution in [1.29, 1.82) is 0 Å². The van der Waals surface area contributed by atoms with Crippen molar-refractivity contribution in [2.45, 2.75) is 13.8 Å². The van der Waals surface area contributed by atoms with E-state index in [9.17, 15) is 0 Å². The Morgan fingerprint density at radius 2 is 2.07 bits per heavy atom. The Morgan fingerprint density at radius 1 is 1.21 bits per heavy atom. The summed E-state index contributed by atoms with van der Waals surface area (Å²) in [6, 6.07) is 11.4. The van der Waals surface area contributed by atoms with Gasteiger partial charge in [0.25, 0.3) is 0 Å². The molecule has 69 valence electrons. The van der Waals surface area contributed by atoms with Gasteiger partial charge < -0.3 is 0 Å². The van der Waals surface area contributed by atoms with Crippen LogP contribution in [-0.2, 0) is 0 Å². The first-order valence-electron chi connectivity index (χ1n) is 4.66. The van der Waals surface area contributed by atoms with Gasteiger partial charge in [-0.05, 0) is 31.0 Å². The topological polar surface area (TPSA) is 12.9 Å². The highest BCUT2D eigenvalue weighted by Crippen LogP contribution is 2.22. The molecule has 2 aromatic rings. The summed E-state index contributed by atoms with van der Waals surface area (Å²) in [4.78, 5) is 4.07. The van der Waals surface area contributed by atoms with Crippen LogP contribution in [0.25, 0.3) is 11.1 Å². The van der Waals surface area contributed by atoms with Crippen LogP contribution in [0, 0.1) is 19.9 Å². The molecule has 0 atom stereocenters. The average Bonchev–Trinajstić information content (AvgIpc) is 2.19. The van der Waals surface area contributed by atoms with Crippen molar-refractivity contribution in [1.82, 2.24) is 4.98 Å². The minimum absolute atomic E-state index is 1.13. The molecule has 0 saturated carbocycles. The minimum atomic E-state index is 1.13. The van der Waals surface area contributed by atoms with E-state index in [1.165, 1.54) is 16.7 Å². The summed E-state index contributed by atoms with van der Waals surface area (Å²) < 4.78 is 0. The van der Waals surface area contributed by atoms with Crippen LogP contribution in [0.5, 0.6) is 0 Å². The second-order valence-electron chi connectivity index (χ2n) is 3.49. The van der Waals surface area contributed by atoms with Crippen LogP contribution in [0.2, 0.25) is 0 Å². The quantitative estimate of drug-likeness (QED) is 0.660. The lowest BCUT2D eigenvalue weighted by molar-refractivity contribution is 1.31. The fourth-order valence-electron chi connectivity index (χ4n) is 1.61. The highest BCUT2D eigenvalue weighted by atomic mass is 14.6. The SMILES string of the molecule is Cc1ccc(-c2c[c]cnc2)c(C)c1. The molecule has 2 rings (SSSR count). The molecule has 0 aliphatic rings. The van der Waals surface area contributed by atoms with Gasteiger partial charge in [-0.2, -0.15) is 0 Å². The number of aromatic nitrogens is 1. The minimum Gasteiger partial charge on any atom is -0.263 e. The standard InChI is InChI=1S/C13H12N/c1-10-5-6-13(11(2)8-10)12-4-3-7-14-9-12/h4-9H,1-2H3. The van der Waals surface area contributed by atoms with Gasteiger partial charge in [-0.1, -0.05) is 23.8 Å². The van der Waals surface area contributed by atoms with E-state index in [0.29, 0.717) is 0 Å². The summed E-state index contributed by atoms with van der Waals surface area (Å²) in [5.74, 6) is 0. The predicted octanol–water partition coefficient (Wildman–Crippen LogP) is 3.17. The molecular formula is C13H12N. The summed E-state index contributed by atoms with van der Waals surface area (Å²) in [6.45, 7) is 4.22. The summed E-state index contributed by atoms with van der Waals surface area (Å²) in [7, 11) is 0. The van der Waals surface area contributed by atoms with Gasteiger partial charge in [0.05, 0.1) is 0 Å². The van der Waals surface area contributed by atoms with Crippen molar-refractivity contribution in [3.8, 4) is 11.1 Å².